The minimum absolute atomic E-state index is 0.286. The Hall–Kier alpha value is -2.55. The number of rotatable bonds is 3. The quantitative estimate of drug-likeness (QED) is 0.685. The number of hydrogen-bond acceptors (Lipinski definition) is 2. The van der Waals surface area contributed by atoms with E-state index < -0.39 is 0 Å². The van der Waals surface area contributed by atoms with Crippen molar-refractivity contribution in [3.05, 3.63) is 65.7 Å². The first-order chi connectivity index (χ1) is 10.1. The van der Waals surface area contributed by atoms with Crippen LogP contribution >= 0.6 is 0 Å². The van der Waals surface area contributed by atoms with E-state index in [0.717, 1.165) is 16.6 Å². The van der Waals surface area contributed by atoms with E-state index in [4.69, 9.17) is 4.42 Å². The Morgan fingerprint density at radius 1 is 0.952 bits per heavy atom. The molecule has 0 radical (unpaired) electrons. The van der Waals surface area contributed by atoms with E-state index in [1.165, 1.54) is 12.1 Å². The molecule has 0 aliphatic heterocycles. The van der Waals surface area contributed by atoms with Crippen LogP contribution < -0.4 is 4.90 Å². The van der Waals surface area contributed by atoms with E-state index in [1.54, 1.807) is 6.07 Å². The Balaban J connectivity index is 1.83. The van der Waals surface area contributed by atoms with E-state index in [1.807, 2.05) is 44.4 Å². The molecule has 0 spiro atoms. The summed E-state index contributed by atoms with van der Waals surface area (Å²) >= 11 is 0. The van der Waals surface area contributed by atoms with Crippen molar-refractivity contribution in [2.45, 2.75) is 0 Å². The van der Waals surface area contributed by atoms with Crippen molar-refractivity contribution in [2.75, 3.05) is 19.0 Å². The van der Waals surface area contributed by atoms with Gasteiger partial charge in [-0.2, -0.15) is 0 Å². The molecule has 2 nitrogen and oxygen atoms in total. The van der Waals surface area contributed by atoms with Gasteiger partial charge in [0.25, 0.3) is 0 Å². The Kier molecular flexibility index (Phi) is 3.48. The molecule has 2 aromatic carbocycles. The molecule has 0 atom stereocenters. The molecule has 0 saturated heterocycles. The van der Waals surface area contributed by atoms with E-state index in [0.29, 0.717) is 11.3 Å². The number of hydrogen-bond donors (Lipinski definition) is 0. The van der Waals surface area contributed by atoms with Gasteiger partial charge in [-0.05, 0) is 42.0 Å². The third-order valence-electron chi connectivity index (χ3n) is 3.35. The topological polar surface area (TPSA) is 16.4 Å². The zero-order valence-electron chi connectivity index (χ0n) is 12.0. The van der Waals surface area contributed by atoms with Crippen LogP contribution in [0.4, 0.5) is 10.1 Å². The third kappa shape index (κ3) is 2.97. The summed E-state index contributed by atoms with van der Waals surface area (Å²) in [6, 6.07) is 14.7. The van der Waals surface area contributed by atoms with Crippen molar-refractivity contribution < 1.29 is 8.81 Å². The summed E-state index contributed by atoms with van der Waals surface area (Å²) in [7, 11) is 4.02. The second-order valence-corrected chi connectivity index (χ2v) is 5.15. The molecule has 21 heavy (non-hydrogen) atoms. The van der Waals surface area contributed by atoms with Gasteiger partial charge in [-0.25, -0.2) is 4.39 Å². The Morgan fingerprint density at radius 3 is 2.43 bits per heavy atom. The molecule has 0 N–H and O–H groups in total. The summed E-state index contributed by atoms with van der Waals surface area (Å²) < 4.78 is 18.7. The van der Waals surface area contributed by atoms with E-state index in [9.17, 15) is 4.39 Å². The first kappa shape index (κ1) is 13.4. The van der Waals surface area contributed by atoms with Gasteiger partial charge in [-0.1, -0.05) is 18.2 Å². The number of furan rings is 1. The highest BCUT2D eigenvalue weighted by Crippen LogP contribution is 2.22. The lowest BCUT2D eigenvalue weighted by Crippen LogP contribution is -2.07. The largest absolute Gasteiger partial charge is 0.457 e. The first-order valence-corrected chi connectivity index (χ1v) is 6.76. The Morgan fingerprint density at radius 2 is 1.71 bits per heavy atom. The van der Waals surface area contributed by atoms with Crippen molar-refractivity contribution in [2.24, 2.45) is 0 Å². The zero-order chi connectivity index (χ0) is 14.8. The lowest BCUT2D eigenvalue weighted by Gasteiger charge is -2.11. The van der Waals surface area contributed by atoms with Crippen LogP contribution in [0.15, 0.2) is 52.9 Å². The number of halogens is 1. The second kappa shape index (κ2) is 5.44. The summed E-state index contributed by atoms with van der Waals surface area (Å²) in [5.41, 5.74) is 2.82. The standard InChI is InChI=1S/C18H16FNO/c1-20(2)16-8-3-13(4-9-16)5-10-17-11-14-6-7-15(19)12-18(14)21-17/h3-12H,1-2H3. The SMILES string of the molecule is CN(C)c1ccc(C=Cc2cc3ccc(F)cc3o2)cc1. The molecule has 0 saturated carbocycles. The van der Waals surface area contributed by atoms with Gasteiger partial charge in [0.15, 0.2) is 0 Å². The van der Waals surface area contributed by atoms with Crippen molar-refractivity contribution in [1.29, 1.82) is 0 Å². The molecule has 0 bridgehead atoms. The van der Waals surface area contributed by atoms with Gasteiger partial charge in [-0.15, -0.1) is 0 Å². The molecule has 3 rings (SSSR count). The summed E-state index contributed by atoms with van der Waals surface area (Å²) in [5.74, 6) is 0.430. The summed E-state index contributed by atoms with van der Waals surface area (Å²) in [4.78, 5) is 2.06. The molecule has 3 heteroatoms. The summed E-state index contributed by atoms with van der Waals surface area (Å²) in [6.45, 7) is 0. The molecule has 1 heterocycles. The van der Waals surface area contributed by atoms with Gasteiger partial charge in [0.05, 0.1) is 0 Å². The van der Waals surface area contributed by atoms with Crippen molar-refractivity contribution in [3.63, 3.8) is 0 Å². The van der Waals surface area contributed by atoms with Gasteiger partial charge in [0.2, 0.25) is 0 Å². The number of fused-ring (bicyclic) bond motifs is 1. The monoisotopic (exact) mass is 281 g/mol. The second-order valence-electron chi connectivity index (χ2n) is 5.15. The van der Waals surface area contributed by atoms with Gasteiger partial charge in [-0.3, -0.25) is 0 Å². The fourth-order valence-electron chi connectivity index (χ4n) is 2.17. The van der Waals surface area contributed by atoms with Crippen LogP contribution in [0, 0.1) is 5.82 Å². The van der Waals surface area contributed by atoms with Crippen LogP contribution in [-0.2, 0) is 0 Å². The van der Waals surface area contributed by atoms with E-state index in [2.05, 4.69) is 17.0 Å². The molecule has 0 unspecified atom stereocenters. The molecular weight excluding hydrogens is 265 g/mol. The third-order valence-corrected chi connectivity index (χ3v) is 3.35. The number of anilines is 1. The minimum atomic E-state index is -0.286. The van der Waals surface area contributed by atoms with Gasteiger partial charge >= 0.3 is 0 Å². The fourth-order valence-corrected chi connectivity index (χ4v) is 2.17. The van der Waals surface area contributed by atoms with Crippen molar-refractivity contribution >= 4 is 28.8 Å². The average Bonchev–Trinajstić information content (AvgIpc) is 2.87. The van der Waals surface area contributed by atoms with Crippen LogP contribution in [0.25, 0.3) is 23.1 Å². The lowest BCUT2D eigenvalue weighted by molar-refractivity contribution is 0.591. The van der Waals surface area contributed by atoms with Crippen LogP contribution in [0.2, 0.25) is 0 Å². The van der Waals surface area contributed by atoms with Crippen LogP contribution in [-0.4, -0.2) is 14.1 Å². The first-order valence-electron chi connectivity index (χ1n) is 6.76. The van der Waals surface area contributed by atoms with Gasteiger partial charge in [0, 0.05) is 31.2 Å². The predicted molar refractivity (Wildman–Crippen MR) is 85.9 cm³/mol. The fraction of sp³-hybridized carbons (Fsp3) is 0.111. The highest BCUT2D eigenvalue weighted by Gasteiger charge is 2.02. The minimum Gasteiger partial charge on any atom is -0.457 e. The van der Waals surface area contributed by atoms with Crippen LogP contribution in [0.5, 0.6) is 0 Å². The summed E-state index contributed by atoms with van der Waals surface area (Å²) in [6.07, 6.45) is 3.87. The highest BCUT2D eigenvalue weighted by atomic mass is 19.1. The van der Waals surface area contributed by atoms with Gasteiger partial charge in [0.1, 0.15) is 17.2 Å². The average molecular weight is 281 g/mol. The Labute approximate surface area is 123 Å². The normalized spacial score (nSPS) is 11.4. The molecule has 106 valence electrons. The molecule has 0 amide bonds. The maximum Gasteiger partial charge on any atom is 0.137 e. The van der Waals surface area contributed by atoms with Crippen LogP contribution in [0.3, 0.4) is 0 Å². The Bertz CT molecular complexity index is 785. The zero-order valence-corrected chi connectivity index (χ0v) is 12.0. The van der Waals surface area contributed by atoms with Gasteiger partial charge < -0.3 is 9.32 Å². The molecule has 3 aromatic rings. The van der Waals surface area contributed by atoms with E-state index >= 15 is 0 Å². The highest BCUT2D eigenvalue weighted by molar-refractivity contribution is 5.81. The summed E-state index contributed by atoms with van der Waals surface area (Å²) in [5, 5.41) is 0.902. The van der Waals surface area contributed by atoms with E-state index in [-0.39, 0.29) is 5.82 Å². The number of nitrogens with zero attached hydrogens (tertiary/aromatic N) is 1. The molecule has 0 aliphatic carbocycles. The molecule has 0 fully saturated rings. The molecule has 1 aromatic heterocycles. The molecule has 0 aliphatic rings. The molecular formula is C18H16FNO. The number of benzene rings is 2. The lowest BCUT2D eigenvalue weighted by atomic mass is 10.2. The van der Waals surface area contributed by atoms with Crippen molar-refractivity contribution in [3.8, 4) is 0 Å². The van der Waals surface area contributed by atoms with Crippen molar-refractivity contribution in [1.82, 2.24) is 0 Å². The predicted octanol–water partition coefficient (Wildman–Crippen LogP) is 4.81. The smallest absolute Gasteiger partial charge is 0.137 e. The maximum absolute atomic E-state index is 13.1. The van der Waals surface area contributed by atoms with Crippen LogP contribution in [0.1, 0.15) is 11.3 Å². The maximum atomic E-state index is 13.1.